The highest BCUT2D eigenvalue weighted by Crippen LogP contribution is 2.15. The molecule has 1 atom stereocenters. The van der Waals surface area contributed by atoms with E-state index in [4.69, 9.17) is 10.5 Å². The van der Waals surface area contributed by atoms with Crippen LogP contribution in [0.3, 0.4) is 0 Å². The first-order valence-corrected chi connectivity index (χ1v) is 6.70. The molecule has 0 aliphatic rings. The van der Waals surface area contributed by atoms with Crippen molar-refractivity contribution >= 4 is 0 Å². The fraction of sp³-hybridized carbons (Fsp3) is 0.294. The van der Waals surface area contributed by atoms with Gasteiger partial charge < -0.3 is 10.5 Å². The average Bonchev–Trinajstić information content (AvgIpc) is 2.45. The van der Waals surface area contributed by atoms with Crippen molar-refractivity contribution in [3.8, 4) is 0 Å². The molecule has 0 spiro atoms. The topological polar surface area (TPSA) is 35.2 Å². The van der Waals surface area contributed by atoms with E-state index in [0.717, 1.165) is 6.42 Å². The summed E-state index contributed by atoms with van der Waals surface area (Å²) in [5, 5.41) is 0. The van der Waals surface area contributed by atoms with E-state index in [9.17, 15) is 0 Å². The summed E-state index contributed by atoms with van der Waals surface area (Å²) in [4.78, 5) is 0. The number of aryl methyl sites for hydroxylation is 1. The predicted molar refractivity (Wildman–Crippen MR) is 79.1 cm³/mol. The molecular formula is C17H21NO. The summed E-state index contributed by atoms with van der Waals surface area (Å²) in [5.41, 5.74) is 9.84. The largest absolute Gasteiger partial charge is 0.379 e. The van der Waals surface area contributed by atoms with Gasteiger partial charge in [0.15, 0.2) is 0 Å². The van der Waals surface area contributed by atoms with Gasteiger partial charge in [0.05, 0.1) is 19.3 Å². The third kappa shape index (κ3) is 4.19. The monoisotopic (exact) mass is 255 g/mol. The molecule has 1 unspecified atom stereocenters. The van der Waals surface area contributed by atoms with Crippen LogP contribution in [0.2, 0.25) is 0 Å². The molecule has 2 aromatic rings. The van der Waals surface area contributed by atoms with Gasteiger partial charge >= 0.3 is 0 Å². The standard InChI is InChI=1S/C17H21NO/c1-14-7-5-6-10-16(14)17(18)13-19-12-11-15-8-3-2-4-9-15/h2-10,17H,11-13,18H2,1H3. The van der Waals surface area contributed by atoms with Crippen LogP contribution >= 0.6 is 0 Å². The number of ether oxygens (including phenoxy) is 1. The van der Waals surface area contributed by atoms with Crippen molar-refractivity contribution in [2.45, 2.75) is 19.4 Å². The highest BCUT2D eigenvalue weighted by atomic mass is 16.5. The summed E-state index contributed by atoms with van der Waals surface area (Å²) in [6.07, 6.45) is 0.932. The van der Waals surface area contributed by atoms with Crippen molar-refractivity contribution in [3.63, 3.8) is 0 Å². The first kappa shape index (κ1) is 13.8. The Morgan fingerprint density at radius 2 is 1.68 bits per heavy atom. The Morgan fingerprint density at radius 1 is 1.00 bits per heavy atom. The molecule has 0 amide bonds. The van der Waals surface area contributed by atoms with Gasteiger partial charge in [-0.2, -0.15) is 0 Å². The number of nitrogens with two attached hydrogens (primary N) is 1. The molecule has 19 heavy (non-hydrogen) atoms. The lowest BCUT2D eigenvalue weighted by Crippen LogP contribution is -2.19. The minimum atomic E-state index is -0.0445. The zero-order valence-electron chi connectivity index (χ0n) is 11.4. The Morgan fingerprint density at radius 3 is 2.42 bits per heavy atom. The molecule has 0 heterocycles. The van der Waals surface area contributed by atoms with Gasteiger partial charge in [0.25, 0.3) is 0 Å². The normalized spacial score (nSPS) is 12.3. The summed E-state index contributed by atoms with van der Waals surface area (Å²) >= 11 is 0. The van der Waals surface area contributed by atoms with E-state index in [0.29, 0.717) is 13.2 Å². The number of hydrogen-bond acceptors (Lipinski definition) is 2. The molecule has 2 nitrogen and oxygen atoms in total. The summed E-state index contributed by atoms with van der Waals surface area (Å²) in [5.74, 6) is 0. The molecule has 0 aliphatic carbocycles. The molecule has 2 aromatic carbocycles. The summed E-state index contributed by atoms with van der Waals surface area (Å²) in [6, 6.07) is 18.5. The Hall–Kier alpha value is -1.64. The van der Waals surface area contributed by atoms with E-state index >= 15 is 0 Å². The first-order chi connectivity index (χ1) is 9.27. The van der Waals surface area contributed by atoms with Crippen LogP contribution in [0.5, 0.6) is 0 Å². The Bertz CT molecular complexity index is 496. The first-order valence-electron chi connectivity index (χ1n) is 6.70. The second-order valence-corrected chi connectivity index (χ2v) is 4.77. The maximum absolute atomic E-state index is 6.15. The van der Waals surface area contributed by atoms with Crippen LogP contribution in [0.4, 0.5) is 0 Å². The second kappa shape index (κ2) is 7.07. The molecule has 0 fully saturated rings. The molecule has 0 bridgehead atoms. The maximum Gasteiger partial charge on any atom is 0.0659 e. The van der Waals surface area contributed by atoms with E-state index in [1.54, 1.807) is 0 Å². The minimum Gasteiger partial charge on any atom is -0.379 e. The summed E-state index contributed by atoms with van der Waals surface area (Å²) in [7, 11) is 0. The van der Waals surface area contributed by atoms with Gasteiger partial charge in [-0.3, -0.25) is 0 Å². The van der Waals surface area contributed by atoms with E-state index < -0.39 is 0 Å². The van der Waals surface area contributed by atoms with Gasteiger partial charge in [0.2, 0.25) is 0 Å². The van der Waals surface area contributed by atoms with Crippen LogP contribution in [0.1, 0.15) is 22.7 Å². The van der Waals surface area contributed by atoms with Crippen LogP contribution in [-0.2, 0) is 11.2 Å². The number of rotatable bonds is 6. The molecule has 2 heteroatoms. The van der Waals surface area contributed by atoms with Gasteiger partial charge in [0, 0.05) is 0 Å². The number of benzene rings is 2. The molecule has 2 N–H and O–H groups in total. The lowest BCUT2D eigenvalue weighted by molar-refractivity contribution is 0.123. The summed E-state index contributed by atoms with van der Waals surface area (Å²) in [6.45, 7) is 3.36. The van der Waals surface area contributed by atoms with Crippen molar-refractivity contribution < 1.29 is 4.74 Å². The SMILES string of the molecule is Cc1ccccc1C(N)COCCc1ccccc1. The number of hydrogen-bond donors (Lipinski definition) is 1. The minimum absolute atomic E-state index is 0.0445. The smallest absolute Gasteiger partial charge is 0.0659 e. The van der Waals surface area contributed by atoms with Crippen LogP contribution in [0, 0.1) is 6.92 Å². The molecule has 0 saturated heterocycles. The highest BCUT2D eigenvalue weighted by molar-refractivity contribution is 5.28. The Balaban J connectivity index is 1.76. The van der Waals surface area contributed by atoms with E-state index in [1.807, 2.05) is 30.3 Å². The molecule has 0 aliphatic heterocycles. The van der Waals surface area contributed by atoms with Gasteiger partial charge in [0.1, 0.15) is 0 Å². The molecular weight excluding hydrogens is 234 g/mol. The van der Waals surface area contributed by atoms with Crippen molar-refractivity contribution in [1.82, 2.24) is 0 Å². The Kier molecular flexibility index (Phi) is 5.13. The fourth-order valence-electron chi connectivity index (χ4n) is 2.14. The van der Waals surface area contributed by atoms with E-state index in [2.05, 4.69) is 31.2 Å². The fourth-order valence-corrected chi connectivity index (χ4v) is 2.14. The molecule has 2 rings (SSSR count). The van der Waals surface area contributed by atoms with Crippen molar-refractivity contribution in [1.29, 1.82) is 0 Å². The lowest BCUT2D eigenvalue weighted by Gasteiger charge is -2.15. The quantitative estimate of drug-likeness (QED) is 0.804. The molecule has 0 saturated carbocycles. The third-order valence-electron chi connectivity index (χ3n) is 3.26. The van der Waals surface area contributed by atoms with Gasteiger partial charge in [-0.05, 0) is 30.0 Å². The zero-order chi connectivity index (χ0) is 13.5. The van der Waals surface area contributed by atoms with Crippen molar-refractivity contribution in [2.75, 3.05) is 13.2 Å². The van der Waals surface area contributed by atoms with Gasteiger partial charge in [-0.15, -0.1) is 0 Å². The van der Waals surface area contributed by atoms with Crippen molar-refractivity contribution in [2.24, 2.45) is 5.73 Å². The van der Waals surface area contributed by atoms with Gasteiger partial charge in [-0.25, -0.2) is 0 Å². The third-order valence-corrected chi connectivity index (χ3v) is 3.26. The Labute approximate surface area is 115 Å². The maximum atomic E-state index is 6.15. The lowest BCUT2D eigenvalue weighted by atomic mass is 10.0. The summed E-state index contributed by atoms with van der Waals surface area (Å²) < 4.78 is 5.68. The van der Waals surface area contributed by atoms with Crippen molar-refractivity contribution in [3.05, 3.63) is 71.3 Å². The van der Waals surface area contributed by atoms with E-state index in [1.165, 1.54) is 16.7 Å². The van der Waals surface area contributed by atoms with Gasteiger partial charge in [-0.1, -0.05) is 54.6 Å². The zero-order valence-corrected chi connectivity index (χ0v) is 11.4. The highest BCUT2D eigenvalue weighted by Gasteiger charge is 2.08. The second-order valence-electron chi connectivity index (χ2n) is 4.77. The van der Waals surface area contributed by atoms with Crippen LogP contribution < -0.4 is 5.73 Å². The van der Waals surface area contributed by atoms with Crippen LogP contribution in [-0.4, -0.2) is 13.2 Å². The molecule has 0 radical (unpaired) electrons. The van der Waals surface area contributed by atoms with Crippen LogP contribution in [0.15, 0.2) is 54.6 Å². The predicted octanol–water partition coefficient (Wildman–Crippen LogP) is 3.25. The average molecular weight is 255 g/mol. The molecule has 100 valence electrons. The van der Waals surface area contributed by atoms with Crippen LogP contribution in [0.25, 0.3) is 0 Å². The molecule has 0 aromatic heterocycles. The van der Waals surface area contributed by atoms with E-state index in [-0.39, 0.29) is 6.04 Å².